The number of amides is 2. The van der Waals surface area contributed by atoms with Crippen LogP contribution in [0.2, 0.25) is 0 Å². The molecule has 0 saturated heterocycles. The van der Waals surface area contributed by atoms with Crippen molar-refractivity contribution < 1.29 is 19.2 Å². The van der Waals surface area contributed by atoms with Crippen molar-refractivity contribution in [1.29, 1.82) is 0 Å². The highest BCUT2D eigenvalue weighted by molar-refractivity contribution is 7.14. The first-order valence-corrected chi connectivity index (χ1v) is 10.3. The molecule has 9 nitrogen and oxygen atoms in total. The molecule has 2 aromatic carbocycles. The monoisotopic (exact) mass is 438 g/mol. The molecule has 1 atom stereocenters. The van der Waals surface area contributed by atoms with Gasteiger partial charge in [-0.15, -0.1) is 11.3 Å². The zero-order valence-electron chi connectivity index (χ0n) is 16.5. The van der Waals surface area contributed by atoms with Crippen LogP contribution in [0, 0.1) is 10.1 Å². The molecule has 1 aliphatic rings. The van der Waals surface area contributed by atoms with Crippen molar-refractivity contribution in [2.75, 3.05) is 11.9 Å². The first-order valence-electron chi connectivity index (χ1n) is 9.46. The standard InChI is InChI=1S/C21H18N4O5S/c1-12(26)22-17-8-9-30-19-7-4-14(10-16(17)19)18-11-31-21(23-18)24-20(27)13-2-5-15(6-3-13)25(28)29/h2-7,10-11,17H,8-9H2,1H3,(H,22,26)(H,23,24,27). The lowest BCUT2D eigenvalue weighted by atomic mass is 9.97. The van der Waals surface area contributed by atoms with E-state index in [0.717, 1.165) is 16.9 Å². The second kappa shape index (κ2) is 8.52. The van der Waals surface area contributed by atoms with Crippen molar-refractivity contribution in [3.05, 3.63) is 69.1 Å². The van der Waals surface area contributed by atoms with Crippen molar-refractivity contribution in [3.63, 3.8) is 0 Å². The highest BCUT2D eigenvalue weighted by atomic mass is 32.1. The number of non-ortho nitro benzene ring substituents is 1. The summed E-state index contributed by atoms with van der Waals surface area (Å²) in [4.78, 5) is 38.6. The van der Waals surface area contributed by atoms with Crippen LogP contribution in [0.25, 0.3) is 11.3 Å². The zero-order valence-corrected chi connectivity index (χ0v) is 17.3. The first-order chi connectivity index (χ1) is 14.9. The molecule has 0 aliphatic carbocycles. The van der Waals surface area contributed by atoms with Crippen LogP contribution in [-0.2, 0) is 4.79 Å². The Bertz CT molecular complexity index is 1160. The van der Waals surface area contributed by atoms with Crippen LogP contribution in [-0.4, -0.2) is 28.3 Å². The molecule has 0 bridgehead atoms. The van der Waals surface area contributed by atoms with Crippen LogP contribution >= 0.6 is 11.3 Å². The second-order valence-electron chi connectivity index (χ2n) is 6.94. The summed E-state index contributed by atoms with van der Waals surface area (Å²) < 4.78 is 5.69. The molecule has 0 saturated carbocycles. The topological polar surface area (TPSA) is 123 Å². The molecule has 158 valence electrons. The molecule has 10 heteroatoms. The van der Waals surface area contributed by atoms with E-state index >= 15 is 0 Å². The molecule has 2 N–H and O–H groups in total. The van der Waals surface area contributed by atoms with E-state index < -0.39 is 10.8 Å². The van der Waals surface area contributed by atoms with Gasteiger partial charge in [0.1, 0.15) is 5.75 Å². The van der Waals surface area contributed by atoms with Gasteiger partial charge in [-0.05, 0) is 30.3 Å². The fourth-order valence-corrected chi connectivity index (χ4v) is 4.03. The zero-order chi connectivity index (χ0) is 22.0. The van der Waals surface area contributed by atoms with Crippen LogP contribution < -0.4 is 15.4 Å². The molecule has 1 unspecified atom stereocenters. The molecule has 2 heterocycles. The Morgan fingerprint density at radius 2 is 2.00 bits per heavy atom. The number of aromatic nitrogens is 1. The van der Waals surface area contributed by atoms with Crippen LogP contribution in [0.15, 0.2) is 47.8 Å². The van der Waals surface area contributed by atoms with E-state index in [1.807, 2.05) is 23.6 Å². The highest BCUT2D eigenvalue weighted by Gasteiger charge is 2.23. The quantitative estimate of drug-likeness (QED) is 0.459. The van der Waals surface area contributed by atoms with Gasteiger partial charge >= 0.3 is 0 Å². The van der Waals surface area contributed by atoms with Gasteiger partial charge in [0.2, 0.25) is 5.91 Å². The van der Waals surface area contributed by atoms with E-state index in [0.29, 0.717) is 29.4 Å². The Morgan fingerprint density at radius 1 is 1.23 bits per heavy atom. The number of nitro groups is 1. The number of carbonyl (C=O) groups excluding carboxylic acids is 2. The maximum absolute atomic E-state index is 12.4. The molecule has 0 fully saturated rings. The van der Waals surface area contributed by atoms with E-state index in [9.17, 15) is 19.7 Å². The Kier molecular flexibility index (Phi) is 5.63. The van der Waals surface area contributed by atoms with Gasteiger partial charge in [0, 0.05) is 47.5 Å². The summed E-state index contributed by atoms with van der Waals surface area (Å²) in [7, 11) is 0. The lowest BCUT2D eigenvalue weighted by Gasteiger charge is -2.26. The molecule has 1 aromatic heterocycles. The van der Waals surface area contributed by atoms with E-state index in [1.54, 1.807) is 0 Å². The van der Waals surface area contributed by atoms with Crippen LogP contribution in [0.1, 0.15) is 35.3 Å². The minimum Gasteiger partial charge on any atom is -0.493 e. The number of benzene rings is 2. The smallest absolute Gasteiger partial charge is 0.269 e. The van der Waals surface area contributed by atoms with Gasteiger partial charge < -0.3 is 10.1 Å². The van der Waals surface area contributed by atoms with E-state index in [-0.39, 0.29) is 17.6 Å². The number of hydrogen-bond acceptors (Lipinski definition) is 7. The number of nitro benzene ring substituents is 1. The Hall–Kier alpha value is -3.79. The summed E-state index contributed by atoms with van der Waals surface area (Å²) in [5.74, 6) is 0.226. The predicted octanol–water partition coefficient (Wildman–Crippen LogP) is 3.93. The summed E-state index contributed by atoms with van der Waals surface area (Å²) in [5, 5.41) is 18.6. The number of ether oxygens (including phenoxy) is 1. The van der Waals surface area contributed by atoms with Gasteiger partial charge in [-0.3, -0.25) is 25.0 Å². The fourth-order valence-electron chi connectivity index (χ4n) is 3.32. The average Bonchev–Trinajstić information content (AvgIpc) is 3.22. The van der Waals surface area contributed by atoms with Crippen LogP contribution in [0.3, 0.4) is 0 Å². The Labute approximate surface area is 181 Å². The summed E-state index contributed by atoms with van der Waals surface area (Å²) in [6, 6.07) is 10.9. The van der Waals surface area contributed by atoms with Gasteiger partial charge in [0.05, 0.1) is 23.3 Å². The van der Waals surface area contributed by atoms with Crippen LogP contribution in [0.5, 0.6) is 5.75 Å². The van der Waals surface area contributed by atoms with Gasteiger partial charge in [0.15, 0.2) is 5.13 Å². The molecular weight excluding hydrogens is 420 g/mol. The molecule has 4 rings (SSSR count). The first kappa shape index (κ1) is 20.5. The molecule has 0 radical (unpaired) electrons. The van der Waals surface area contributed by atoms with Gasteiger partial charge in [0.25, 0.3) is 11.6 Å². The third-order valence-corrected chi connectivity index (χ3v) is 5.55. The van der Waals surface area contributed by atoms with Crippen LogP contribution in [0.4, 0.5) is 10.8 Å². The molecule has 2 amide bonds. The lowest BCUT2D eigenvalue weighted by Crippen LogP contribution is -2.30. The number of thiazole rings is 1. The van der Waals surface area contributed by atoms with Crippen molar-refractivity contribution in [2.24, 2.45) is 0 Å². The number of nitrogens with zero attached hydrogens (tertiary/aromatic N) is 2. The van der Waals surface area contributed by atoms with Crippen molar-refractivity contribution >= 4 is 34.0 Å². The predicted molar refractivity (Wildman–Crippen MR) is 115 cm³/mol. The minimum absolute atomic E-state index is 0.0814. The highest BCUT2D eigenvalue weighted by Crippen LogP contribution is 2.36. The summed E-state index contributed by atoms with van der Waals surface area (Å²) >= 11 is 1.27. The molecule has 1 aliphatic heterocycles. The maximum atomic E-state index is 12.4. The number of anilines is 1. The van der Waals surface area contributed by atoms with E-state index in [2.05, 4.69) is 15.6 Å². The largest absolute Gasteiger partial charge is 0.493 e. The fraction of sp³-hybridized carbons (Fsp3) is 0.190. The SMILES string of the molecule is CC(=O)NC1CCOc2ccc(-c3csc(NC(=O)c4ccc([N+](=O)[O-])cc4)n3)cc21. The summed E-state index contributed by atoms with van der Waals surface area (Å²) in [5.41, 5.74) is 2.63. The van der Waals surface area contributed by atoms with Crippen molar-refractivity contribution in [1.82, 2.24) is 10.3 Å². The van der Waals surface area contributed by atoms with Gasteiger partial charge in [-0.2, -0.15) is 0 Å². The van der Waals surface area contributed by atoms with Gasteiger partial charge in [-0.25, -0.2) is 4.98 Å². The molecular formula is C21H18N4O5S. The van der Waals surface area contributed by atoms with Crippen molar-refractivity contribution in [3.8, 4) is 17.0 Å². The number of carbonyl (C=O) groups is 2. The third-order valence-electron chi connectivity index (χ3n) is 4.79. The molecule has 31 heavy (non-hydrogen) atoms. The molecule has 3 aromatic rings. The van der Waals surface area contributed by atoms with E-state index in [1.165, 1.54) is 42.5 Å². The maximum Gasteiger partial charge on any atom is 0.269 e. The summed E-state index contributed by atoms with van der Waals surface area (Å²) in [6.45, 7) is 2.02. The number of hydrogen-bond donors (Lipinski definition) is 2. The molecule has 0 spiro atoms. The second-order valence-corrected chi connectivity index (χ2v) is 7.80. The van der Waals surface area contributed by atoms with Crippen molar-refractivity contribution in [2.45, 2.75) is 19.4 Å². The Balaban J connectivity index is 1.51. The lowest BCUT2D eigenvalue weighted by molar-refractivity contribution is -0.384. The number of nitrogens with one attached hydrogen (secondary N) is 2. The third kappa shape index (κ3) is 4.53. The average molecular weight is 438 g/mol. The Morgan fingerprint density at radius 3 is 2.71 bits per heavy atom. The number of fused-ring (bicyclic) bond motifs is 1. The van der Waals surface area contributed by atoms with Gasteiger partial charge in [-0.1, -0.05) is 0 Å². The minimum atomic E-state index is -0.519. The summed E-state index contributed by atoms with van der Waals surface area (Å²) in [6.07, 6.45) is 0.684. The van der Waals surface area contributed by atoms with E-state index in [4.69, 9.17) is 4.74 Å². The number of rotatable bonds is 5. The normalized spacial score (nSPS) is 14.8.